The van der Waals surface area contributed by atoms with Gasteiger partial charge in [-0.25, -0.2) is 4.98 Å². The largest absolute Gasteiger partial charge is 0.458 e. The molecule has 0 unspecified atom stereocenters. The molecule has 0 radical (unpaired) electrons. The molecule has 0 saturated heterocycles. The van der Waals surface area contributed by atoms with Crippen LogP contribution in [0, 0.1) is 0 Å². The number of rotatable bonds is 2. The van der Waals surface area contributed by atoms with Crippen molar-refractivity contribution < 1.29 is 14.2 Å². The third-order valence-electron chi connectivity index (χ3n) is 9.77. The fraction of sp³-hybridized carbons (Fsp3) is 0. The van der Waals surface area contributed by atoms with Gasteiger partial charge < -0.3 is 23.7 Å². The van der Waals surface area contributed by atoms with E-state index in [0.717, 1.165) is 89.7 Å². The summed E-state index contributed by atoms with van der Waals surface area (Å²) in [4.78, 5) is 6.89. The van der Waals surface area contributed by atoms with E-state index in [1.165, 1.54) is 0 Å². The SMILES string of the molecule is c1ccc(N2c3cccnc3Oc3c2ccc2c3c3ccccc3n2-c2ccc3c(c2)Oc2cccc4c2B3c2ccccc2O4)cc1. The van der Waals surface area contributed by atoms with E-state index in [4.69, 9.17) is 14.2 Å². The Morgan fingerprint density at radius 3 is 2.21 bits per heavy atom. The zero-order valence-corrected chi connectivity index (χ0v) is 25.5. The van der Waals surface area contributed by atoms with Crippen LogP contribution >= 0.6 is 0 Å². The topological polar surface area (TPSA) is 48.8 Å². The summed E-state index contributed by atoms with van der Waals surface area (Å²) in [6.45, 7) is 0.0223. The van der Waals surface area contributed by atoms with Crippen LogP contribution in [0.4, 0.5) is 17.1 Å². The van der Waals surface area contributed by atoms with Gasteiger partial charge in [0.05, 0.1) is 22.1 Å². The quantitative estimate of drug-likeness (QED) is 0.182. The van der Waals surface area contributed by atoms with E-state index in [9.17, 15) is 0 Å². The Labute approximate surface area is 276 Å². The molecular formula is C41H24BN3O3. The van der Waals surface area contributed by atoms with Crippen molar-refractivity contribution in [3.8, 4) is 40.3 Å². The molecule has 224 valence electrons. The van der Waals surface area contributed by atoms with Gasteiger partial charge in [-0.05, 0) is 77.7 Å². The lowest BCUT2D eigenvalue weighted by molar-refractivity contribution is 0.463. The monoisotopic (exact) mass is 617 g/mol. The standard InChI is InChI=1S/C41H24BN3O3/c1-2-10-25(11-3-1)44-32-22-21-31-38(40(32)48-41-33(44)15-9-23-43-41)27-12-4-6-14-30(27)45(31)26-19-20-29-37(24-26)47-36-18-8-17-35-39(36)42(29)28-13-5-7-16-34(28)46-35/h1-24H. The maximum absolute atomic E-state index is 6.71. The van der Waals surface area contributed by atoms with Crippen molar-refractivity contribution in [3.63, 3.8) is 0 Å². The molecule has 0 aliphatic carbocycles. The molecule has 0 amide bonds. The second kappa shape index (κ2) is 9.53. The van der Waals surface area contributed by atoms with Crippen LogP contribution < -0.4 is 35.5 Å². The van der Waals surface area contributed by atoms with Crippen molar-refractivity contribution in [2.45, 2.75) is 0 Å². The predicted octanol–water partition coefficient (Wildman–Crippen LogP) is 8.48. The number of benzene rings is 6. The highest BCUT2D eigenvalue weighted by Crippen LogP contribution is 2.54. The molecule has 0 saturated carbocycles. The number of fused-ring (bicyclic) bond motifs is 10. The molecule has 5 heterocycles. The van der Waals surface area contributed by atoms with Crippen molar-refractivity contribution in [3.05, 3.63) is 146 Å². The van der Waals surface area contributed by atoms with Crippen LogP contribution in [0.5, 0.6) is 34.6 Å². The van der Waals surface area contributed by atoms with E-state index < -0.39 is 0 Å². The highest BCUT2D eigenvalue weighted by Gasteiger charge is 2.40. The number of aromatic nitrogens is 2. The summed E-state index contributed by atoms with van der Waals surface area (Å²) in [7, 11) is 0. The van der Waals surface area contributed by atoms with Gasteiger partial charge in [0.15, 0.2) is 5.75 Å². The number of para-hydroxylation sites is 3. The van der Waals surface area contributed by atoms with Crippen molar-refractivity contribution in [1.29, 1.82) is 0 Å². The molecule has 0 atom stereocenters. The van der Waals surface area contributed by atoms with E-state index in [1.54, 1.807) is 6.20 Å². The Hall–Kier alpha value is -6.47. The van der Waals surface area contributed by atoms with E-state index in [2.05, 4.69) is 112 Å². The van der Waals surface area contributed by atoms with Gasteiger partial charge in [-0.1, -0.05) is 66.7 Å². The number of hydrogen-bond acceptors (Lipinski definition) is 5. The smallest absolute Gasteiger partial charge is 0.260 e. The average molecular weight is 617 g/mol. The van der Waals surface area contributed by atoms with E-state index in [-0.39, 0.29) is 6.71 Å². The summed E-state index contributed by atoms with van der Waals surface area (Å²) in [5, 5.41) is 2.14. The first-order valence-corrected chi connectivity index (χ1v) is 16.1. The average Bonchev–Trinajstić information content (AvgIpc) is 3.49. The zero-order valence-electron chi connectivity index (χ0n) is 25.5. The normalized spacial score (nSPS) is 13.4. The van der Waals surface area contributed by atoms with Gasteiger partial charge in [-0.3, -0.25) is 0 Å². The van der Waals surface area contributed by atoms with Crippen molar-refractivity contribution in [1.82, 2.24) is 9.55 Å². The molecule has 48 heavy (non-hydrogen) atoms. The molecule has 3 aliphatic rings. The number of hydrogen-bond donors (Lipinski definition) is 0. The first-order chi connectivity index (χ1) is 23.8. The van der Waals surface area contributed by atoms with Gasteiger partial charge in [0.25, 0.3) is 6.71 Å². The molecule has 6 nitrogen and oxygen atoms in total. The summed E-state index contributed by atoms with van der Waals surface area (Å²) in [6, 6.07) is 48.2. The summed E-state index contributed by atoms with van der Waals surface area (Å²) < 4.78 is 22.0. The molecule has 0 fully saturated rings. The number of pyridine rings is 1. The van der Waals surface area contributed by atoms with E-state index >= 15 is 0 Å². The van der Waals surface area contributed by atoms with E-state index in [0.29, 0.717) is 5.88 Å². The fourth-order valence-electron chi connectivity index (χ4n) is 7.79. The highest BCUT2D eigenvalue weighted by molar-refractivity contribution is 6.98. The molecule has 0 N–H and O–H groups in total. The number of ether oxygens (including phenoxy) is 3. The van der Waals surface area contributed by atoms with Crippen molar-refractivity contribution in [2.24, 2.45) is 0 Å². The van der Waals surface area contributed by atoms with Crippen LogP contribution in [0.2, 0.25) is 0 Å². The molecule has 7 heteroatoms. The van der Waals surface area contributed by atoms with E-state index in [1.807, 2.05) is 42.5 Å². The summed E-state index contributed by atoms with van der Waals surface area (Å²) >= 11 is 0. The van der Waals surface area contributed by atoms with Gasteiger partial charge >= 0.3 is 0 Å². The van der Waals surface area contributed by atoms with Crippen LogP contribution in [0.1, 0.15) is 0 Å². The lowest BCUT2D eigenvalue weighted by Crippen LogP contribution is -2.57. The Balaban J connectivity index is 1.13. The lowest BCUT2D eigenvalue weighted by atomic mass is 9.35. The van der Waals surface area contributed by atoms with Crippen LogP contribution in [0.15, 0.2) is 146 Å². The second-order valence-corrected chi connectivity index (χ2v) is 12.3. The minimum Gasteiger partial charge on any atom is -0.458 e. The Kier molecular flexibility index (Phi) is 5.10. The highest BCUT2D eigenvalue weighted by atomic mass is 16.5. The third-order valence-corrected chi connectivity index (χ3v) is 9.77. The van der Waals surface area contributed by atoms with Crippen LogP contribution in [-0.2, 0) is 0 Å². The maximum Gasteiger partial charge on any atom is 0.260 e. The van der Waals surface area contributed by atoms with Crippen molar-refractivity contribution in [2.75, 3.05) is 4.90 Å². The van der Waals surface area contributed by atoms with Gasteiger partial charge in [0.1, 0.15) is 28.7 Å². The number of nitrogens with zero attached hydrogens (tertiary/aromatic N) is 3. The molecular weight excluding hydrogens is 593 g/mol. The first-order valence-electron chi connectivity index (χ1n) is 16.1. The molecule has 6 aromatic carbocycles. The second-order valence-electron chi connectivity index (χ2n) is 12.3. The molecule has 3 aliphatic heterocycles. The van der Waals surface area contributed by atoms with Gasteiger partial charge in [0, 0.05) is 34.5 Å². The van der Waals surface area contributed by atoms with Crippen LogP contribution in [0.3, 0.4) is 0 Å². The van der Waals surface area contributed by atoms with Crippen molar-refractivity contribution >= 4 is 62.0 Å². The van der Waals surface area contributed by atoms with Gasteiger partial charge in [-0.2, -0.15) is 0 Å². The predicted molar refractivity (Wildman–Crippen MR) is 191 cm³/mol. The Morgan fingerprint density at radius 1 is 0.521 bits per heavy atom. The minimum atomic E-state index is 0.0223. The third kappa shape index (κ3) is 3.45. The molecule has 11 rings (SSSR count). The van der Waals surface area contributed by atoms with Crippen LogP contribution in [0.25, 0.3) is 27.5 Å². The first kappa shape index (κ1) is 25.7. The fourth-order valence-corrected chi connectivity index (χ4v) is 7.79. The molecule has 0 spiro atoms. The number of anilines is 3. The van der Waals surface area contributed by atoms with Gasteiger partial charge in [0.2, 0.25) is 5.88 Å². The molecule has 8 aromatic rings. The van der Waals surface area contributed by atoms with Crippen LogP contribution in [-0.4, -0.2) is 16.3 Å². The van der Waals surface area contributed by atoms with Gasteiger partial charge in [-0.15, -0.1) is 0 Å². The maximum atomic E-state index is 6.71. The summed E-state index contributed by atoms with van der Waals surface area (Å²) in [5.41, 5.74) is 9.40. The minimum absolute atomic E-state index is 0.0223. The molecule has 0 bridgehead atoms. The molecule has 2 aromatic heterocycles. The Morgan fingerprint density at radius 2 is 1.29 bits per heavy atom. The summed E-state index contributed by atoms with van der Waals surface area (Å²) in [5.74, 6) is 4.76. The Bertz CT molecular complexity index is 2630. The lowest BCUT2D eigenvalue weighted by Gasteiger charge is -2.33. The summed E-state index contributed by atoms with van der Waals surface area (Å²) in [6.07, 6.45) is 1.78. The zero-order chi connectivity index (χ0) is 31.3.